The molecule has 5 nitrogen and oxygen atoms in total. The maximum absolute atomic E-state index is 13.4. The molecule has 1 aliphatic rings. The minimum atomic E-state index is -0.414. The van der Waals surface area contributed by atoms with Crippen LogP contribution in [0.4, 0.5) is 4.79 Å². The first kappa shape index (κ1) is 23.6. The first-order valence-electron chi connectivity index (χ1n) is 11.8. The molecule has 0 fully saturated rings. The molecule has 1 aromatic heterocycles. The van der Waals surface area contributed by atoms with Crippen molar-refractivity contribution < 1.29 is 14.3 Å². The summed E-state index contributed by atoms with van der Waals surface area (Å²) in [4.78, 5) is 18.7. The van der Waals surface area contributed by atoms with Crippen LogP contribution in [-0.2, 0) is 6.42 Å². The van der Waals surface area contributed by atoms with Gasteiger partial charge in [-0.2, -0.15) is 0 Å². The van der Waals surface area contributed by atoms with Crippen LogP contribution in [0.15, 0.2) is 66.7 Å². The van der Waals surface area contributed by atoms with Crippen LogP contribution in [0.1, 0.15) is 42.6 Å². The number of amides is 1. The van der Waals surface area contributed by atoms with Crippen molar-refractivity contribution in [2.75, 3.05) is 13.2 Å². The maximum Gasteiger partial charge on any atom is 0.416 e. The quantitative estimate of drug-likeness (QED) is 0.270. The lowest BCUT2D eigenvalue weighted by molar-refractivity contribution is 0.135. The van der Waals surface area contributed by atoms with Crippen LogP contribution < -0.4 is 9.47 Å². The summed E-state index contributed by atoms with van der Waals surface area (Å²) in [6, 6.07) is 20.2. The number of unbranched alkanes of at least 4 members (excludes halogenated alkanes) is 1. The smallest absolute Gasteiger partial charge is 0.416 e. The molecule has 1 N–H and O–H groups in total. The summed E-state index contributed by atoms with van der Waals surface area (Å²) < 4.78 is 11.6. The molecular formula is C28H26Cl2N2O3. The number of benzene rings is 3. The van der Waals surface area contributed by atoms with E-state index in [1.807, 2.05) is 42.5 Å². The normalized spacial score (nSPS) is 15.2. The third kappa shape index (κ3) is 4.97. The van der Waals surface area contributed by atoms with Crippen LogP contribution in [0.2, 0.25) is 10.0 Å². The Kier molecular flexibility index (Phi) is 6.89. The second-order valence-electron chi connectivity index (χ2n) is 8.65. The summed E-state index contributed by atoms with van der Waals surface area (Å²) in [5.74, 6) is 1.27. The summed E-state index contributed by atoms with van der Waals surface area (Å²) in [6.45, 7) is 3.34. The van der Waals surface area contributed by atoms with Crippen molar-refractivity contribution in [2.45, 2.75) is 32.2 Å². The first-order valence-corrected chi connectivity index (χ1v) is 12.6. The topological polar surface area (TPSA) is 54.6 Å². The van der Waals surface area contributed by atoms with E-state index in [2.05, 4.69) is 11.9 Å². The van der Waals surface area contributed by atoms with E-state index >= 15 is 0 Å². The molecule has 0 saturated heterocycles. The van der Waals surface area contributed by atoms with Crippen molar-refractivity contribution in [3.05, 3.63) is 93.6 Å². The SMILES string of the molecule is CCCCOc1ccc(C2c3[nH]c4ccc(Cl)cc4c3CCN2C(=O)Oc2ccc(Cl)cc2)cc1. The Labute approximate surface area is 214 Å². The Morgan fingerprint density at radius 3 is 2.46 bits per heavy atom. The molecule has 180 valence electrons. The Bertz CT molecular complexity index is 1330. The highest BCUT2D eigenvalue weighted by Gasteiger charge is 2.35. The number of nitrogens with zero attached hydrogens (tertiary/aromatic N) is 1. The molecule has 1 unspecified atom stereocenters. The molecule has 1 atom stereocenters. The molecule has 3 aromatic carbocycles. The molecule has 35 heavy (non-hydrogen) atoms. The van der Waals surface area contributed by atoms with Gasteiger partial charge in [-0.3, -0.25) is 4.90 Å². The summed E-state index contributed by atoms with van der Waals surface area (Å²) >= 11 is 12.3. The zero-order valence-corrected chi connectivity index (χ0v) is 20.9. The summed E-state index contributed by atoms with van der Waals surface area (Å²) in [5, 5.41) is 2.36. The molecule has 2 heterocycles. The van der Waals surface area contributed by atoms with Crippen LogP contribution in [-0.4, -0.2) is 29.1 Å². The van der Waals surface area contributed by atoms with Crippen LogP contribution in [0.3, 0.4) is 0 Å². The van der Waals surface area contributed by atoms with E-state index in [4.69, 9.17) is 32.7 Å². The van der Waals surface area contributed by atoms with E-state index in [-0.39, 0.29) is 6.04 Å². The van der Waals surface area contributed by atoms with Crippen molar-refractivity contribution in [1.82, 2.24) is 9.88 Å². The number of nitrogens with one attached hydrogen (secondary N) is 1. The highest BCUT2D eigenvalue weighted by atomic mass is 35.5. The molecule has 1 aliphatic heterocycles. The van der Waals surface area contributed by atoms with Crippen molar-refractivity contribution in [3.8, 4) is 11.5 Å². The van der Waals surface area contributed by atoms with E-state index < -0.39 is 6.09 Å². The van der Waals surface area contributed by atoms with E-state index in [0.717, 1.165) is 40.8 Å². The van der Waals surface area contributed by atoms with Crippen LogP contribution >= 0.6 is 23.2 Å². The van der Waals surface area contributed by atoms with Gasteiger partial charge in [-0.25, -0.2) is 4.79 Å². The zero-order valence-electron chi connectivity index (χ0n) is 19.4. The highest BCUT2D eigenvalue weighted by Crippen LogP contribution is 2.40. The van der Waals surface area contributed by atoms with Crippen molar-refractivity contribution in [2.24, 2.45) is 0 Å². The predicted molar refractivity (Wildman–Crippen MR) is 140 cm³/mol. The van der Waals surface area contributed by atoms with E-state index in [9.17, 15) is 4.79 Å². The molecule has 0 saturated carbocycles. The number of halogens is 2. The number of ether oxygens (including phenoxy) is 2. The Morgan fingerprint density at radius 1 is 1.00 bits per heavy atom. The number of H-pyrrole nitrogens is 1. The van der Waals surface area contributed by atoms with Crippen LogP contribution in [0.5, 0.6) is 11.5 Å². The molecule has 0 radical (unpaired) electrons. The third-order valence-corrected chi connectivity index (χ3v) is 6.79. The van der Waals surface area contributed by atoms with Gasteiger partial charge in [0.15, 0.2) is 0 Å². The van der Waals surface area contributed by atoms with Gasteiger partial charge < -0.3 is 14.5 Å². The van der Waals surface area contributed by atoms with Gasteiger partial charge in [0, 0.05) is 33.2 Å². The van der Waals surface area contributed by atoms with E-state index in [1.165, 1.54) is 5.56 Å². The van der Waals surface area contributed by atoms with Crippen molar-refractivity contribution in [3.63, 3.8) is 0 Å². The number of rotatable bonds is 6. The molecule has 0 bridgehead atoms. The standard InChI is InChI=1S/C28H26Cl2N2O3/c1-2-3-16-34-21-9-4-18(5-10-21)27-26-23(24-17-20(30)8-13-25(24)31-26)14-15-32(27)28(33)35-22-11-6-19(29)7-12-22/h4-13,17,27,31H,2-3,14-16H2,1H3. The third-order valence-electron chi connectivity index (χ3n) is 6.30. The van der Waals surface area contributed by atoms with Gasteiger partial charge in [-0.15, -0.1) is 0 Å². The fourth-order valence-corrected chi connectivity index (χ4v) is 4.84. The molecule has 7 heteroatoms. The summed E-state index contributed by atoms with van der Waals surface area (Å²) in [7, 11) is 0. The number of hydrogen-bond donors (Lipinski definition) is 1. The predicted octanol–water partition coefficient (Wildman–Crippen LogP) is 7.80. The number of carbonyl (C=O) groups excluding carboxylic acids is 1. The molecule has 0 spiro atoms. The number of fused-ring (bicyclic) bond motifs is 3. The minimum absolute atomic E-state index is 0.339. The first-order chi connectivity index (χ1) is 17.0. The van der Waals surface area contributed by atoms with Gasteiger partial charge in [0.1, 0.15) is 17.5 Å². The number of hydrogen-bond acceptors (Lipinski definition) is 3. The van der Waals surface area contributed by atoms with E-state index in [1.54, 1.807) is 29.2 Å². The molecule has 0 aliphatic carbocycles. The Morgan fingerprint density at radius 2 is 1.71 bits per heavy atom. The molecular weight excluding hydrogens is 483 g/mol. The average Bonchev–Trinajstić information content (AvgIpc) is 3.23. The lowest BCUT2D eigenvalue weighted by Crippen LogP contribution is -2.42. The van der Waals surface area contributed by atoms with Gasteiger partial charge in [0.05, 0.1) is 6.61 Å². The lowest BCUT2D eigenvalue weighted by atomic mass is 9.92. The average molecular weight is 509 g/mol. The fraction of sp³-hybridized carbons (Fsp3) is 0.250. The lowest BCUT2D eigenvalue weighted by Gasteiger charge is -2.35. The number of aromatic nitrogens is 1. The van der Waals surface area contributed by atoms with Gasteiger partial charge in [0.25, 0.3) is 0 Å². The monoisotopic (exact) mass is 508 g/mol. The molecule has 1 amide bonds. The van der Waals surface area contributed by atoms with Crippen molar-refractivity contribution >= 4 is 40.2 Å². The van der Waals surface area contributed by atoms with Crippen LogP contribution in [0.25, 0.3) is 10.9 Å². The molecule has 5 rings (SSSR count). The molecule has 4 aromatic rings. The van der Waals surface area contributed by atoms with E-state index in [0.29, 0.717) is 35.4 Å². The zero-order chi connectivity index (χ0) is 24.4. The van der Waals surface area contributed by atoms with Gasteiger partial charge in [-0.05, 0) is 78.6 Å². The summed E-state index contributed by atoms with van der Waals surface area (Å²) in [5.41, 5.74) is 4.11. The highest BCUT2D eigenvalue weighted by molar-refractivity contribution is 6.31. The fourth-order valence-electron chi connectivity index (χ4n) is 4.55. The Balaban J connectivity index is 1.51. The van der Waals surface area contributed by atoms with Crippen LogP contribution in [0, 0.1) is 0 Å². The van der Waals surface area contributed by atoms with Gasteiger partial charge in [0.2, 0.25) is 0 Å². The minimum Gasteiger partial charge on any atom is -0.494 e. The second kappa shape index (κ2) is 10.2. The number of carbonyl (C=O) groups is 1. The summed E-state index contributed by atoms with van der Waals surface area (Å²) in [6.07, 6.45) is 2.37. The van der Waals surface area contributed by atoms with Gasteiger partial charge >= 0.3 is 6.09 Å². The number of aromatic amines is 1. The van der Waals surface area contributed by atoms with Gasteiger partial charge in [-0.1, -0.05) is 48.7 Å². The van der Waals surface area contributed by atoms with Crippen molar-refractivity contribution in [1.29, 1.82) is 0 Å². The Hall–Kier alpha value is -3.15. The second-order valence-corrected chi connectivity index (χ2v) is 9.52. The largest absolute Gasteiger partial charge is 0.494 e. The maximum atomic E-state index is 13.4.